The SMILES string of the molecule is Fc1ccc(C(CCN2C[C@H]3CC[CH][C@H]3C2)c2ccc(F)cc2)cc1. The van der Waals surface area contributed by atoms with Crippen molar-refractivity contribution in [2.75, 3.05) is 19.6 Å². The van der Waals surface area contributed by atoms with Crippen LogP contribution in [-0.2, 0) is 0 Å². The Bertz CT molecular complexity index is 637. The average Bonchev–Trinajstić information content (AvgIpc) is 3.19. The van der Waals surface area contributed by atoms with Crippen molar-refractivity contribution >= 4 is 0 Å². The Kier molecular flexibility index (Phi) is 4.85. The maximum atomic E-state index is 13.3. The lowest BCUT2D eigenvalue weighted by Gasteiger charge is -2.23. The number of halogens is 2. The highest BCUT2D eigenvalue weighted by Crippen LogP contribution is 2.38. The first kappa shape index (κ1) is 16.7. The molecule has 1 aliphatic heterocycles. The van der Waals surface area contributed by atoms with E-state index < -0.39 is 0 Å². The average molecular weight is 340 g/mol. The molecule has 0 unspecified atom stereocenters. The summed E-state index contributed by atoms with van der Waals surface area (Å²) in [6, 6.07) is 13.5. The Morgan fingerprint density at radius 3 is 2.04 bits per heavy atom. The summed E-state index contributed by atoms with van der Waals surface area (Å²) in [5.74, 6) is 1.35. The second-order valence-electron chi connectivity index (χ2n) is 7.44. The molecule has 4 rings (SSSR count). The fourth-order valence-corrected chi connectivity index (χ4v) is 4.50. The first-order valence-corrected chi connectivity index (χ1v) is 9.25. The van der Waals surface area contributed by atoms with E-state index in [0.717, 1.165) is 35.9 Å². The molecule has 1 aliphatic carbocycles. The summed E-state index contributed by atoms with van der Waals surface area (Å²) in [5, 5.41) is 0. The van der Waals surface area contributed by atoms with Gasteiger partial charge >= 0.3 is 0 Å². The molecule has 25 heavy (non-hydrogen) atoms. The summed E-state index contributed by atoms with van der Waals surface area (Å²) < 4.78 is 26.6. The second-order valence-corrected chi connectivity index (χ2v) is 7.44. The molecule has 2 aromatic rings. The predicted octanol–water partition coefficient (Wildman–Crippen LogP) is 5.03. The smallest absolute Gasteiger partial charge is 0.123 e. The van der Waals surface area contributed by atoms with E-state index in [1.807, 2.05) is 24.3 Å². The Morgan fingerprint density at radius 2 is 1.48 bits per heavy atom. The van der Waals surface area contributed by atoms with Gasteiger partial charge in [0.05, 0.1) is 0 Å². The van der Waals surface area contributed by atoms with E-state index in [1.165, 1.54) is 50.2 Å². The standard InChI is InChI=1S/C22H24F2N/c23-20-8-4-16(5-9-20)22(17-6-10-21(24)11-7-17)12-13-25-14-18-2-1-3-19(18)15-25/h2,4-11,18-19,22H,1,3,12-15H2/t18-,19+/m0/s1. The summed E-state index contributed by atoms with van der Waals surface area (Å²) >= 11 is 0. The van der Waals surface area contributed by atoms with Gasteiger partial charge in [0, 0.05) is 19.0 Å². The van der Waals surface area contributed by atoms with Crippen molar-refractivity contribution in [3.63, 3.8) is 0 Å². The Morgan fingerprint density at radius 1 is 0.880 bits per heavy atom. The molecule has 3 heteroatoms. The fourth-order valence-electron chi connectivity index (χ4n) is 4.50. The molecule has 131 valence electrons. The van der Waals surface area contributed by atoms with Gasteiger partial charge in [0.1, 0.15) is 11.6 Å². The number of hydrogen-bond acceptors (Lipinski definition) is 1. The normalized spacial score (nSPS) is 23.3. The zero-order valence-electron chi connectivity index (χ0n) is 14.4. The minimum atomic E-state index is -0.218. The van der Waals surface area contributed by atoms with Crippen LogP contribution in [0.3, 0.4) is 0 Å². The maximum Gasteiger partial charge on any atom is 0.123 e. The molecule has 0 aromatic heterocycles. The minimum Gasteiger partial charge on any atom is -0.303 e. The molecule has 2 aliphatic rings. The van der Waals surface area contributed by atoms with Gasteiger partial charge in [-0.15, -0.1) is 0 Å². The van der Waals surface area contributed by atoms with Crippen LogP contribution >= 0.6 is 0 Å². The summed E-state index contributed by atoms with van der Waals surface area (Å²) in [5.41, 5.74) is 2.19. The summed E-state index contributed by atoms with van der Waals surface area (Å²) in [4.78, 5) is 2.56. The van der Waals surface area contributed by atoms with Crippen LogP contribution in [0, 0.1) is 29.9 Å². The highest BCUT2D eigenvalue weighted by molar-refractivity contribution is 5.32. The highest BCUT2D eigenvalue weighted by Gasteiger charge is 2.36. The van der Waals surface area contributed by atoms with Gasteiger partial charge in [-0.3, -0.25) is 0 Å². The van der Waals surface area contributed by atoms with Gasteiger partial charge in [0.15, 0.2) is 0 Å². The Labute approximate surface area is 148 Å². The van der Waals surface area contributed by atoms with E-state index in [4.69, 9.17) is 0 Å². The Balaban J connectivity index is 1.49. The van der Waals surface area contributed by atoms with E-state index in [0.29, 0.717) is 0 Å². The second kappa shape index (κ2) is 7.25. The monoisotopic (exact) mass is 340 g/mol. The van der Waals surface area contributed by atoms with Gasteiger partial charge in [-0.25, -0.2) is 8.78 Å². The van der Waals surface area contributed by atoms with Crippen molar-refractivity contribution in [2.24, 2.45) is 11.8 Å². The number of rotatable bonds is 5. The molecule has 2 fully saturated rings. The zero-order chi connectivity index (χ0) is 17.2. The molecule has 1 saturated heterocycles. The molecule has 2 atom stereocenters. The molecule has 1 nitrogen and oxygen atoms in total. The van der Waals surface area contributed by atoms with Crippen LogP contribution < -0.4 is 0 Å². The largest absolute Gasteiger partial charge is 0.303 e. The first-order valence-electron chi connectivity index (χ1n) is 9.25. The van der Waals surface area contributed by atoms with E-state index in [-0.39, 0.29) is 17.6 Å². The zero-order valence-corrected chi connectivity index (χ0v) is 14.4. The van der Waals surface area contributed by atoms with Gasteiger partial charge < -0.3 is 4.90 Å². The van der Waals surface area contributed by atoms with Crippen LogP contribution in [0.4, 0.5) is 8.78 Å². The minimum absolute atomic E-state index is 0.172. The topological polar surface area (TPSA) is 3.24 Å². The molecular formula is C22H24F2N. The van der Waals surface area contributed by atoms with Crippen LogP contribution in [0.1, 0.15) is 36.3 Å². The first-order chi connectivity index (χ1) is 12.2. The molecule has 0 N–H and O–H groups in total. The Hall–Kier alpha value is -1.74. The van der Waals surface area contributed by atoms with E-state index in [9.17, 15) is 8.78 Å². The number of fused-ring (bicyclic) bond motifs is 1. The number of nitrogens with zero attached hydrogens (tertiary/aromatic N) is 1. The summed E-state index contributed by atoms with van der Waals surface area (Å²) in [6.07, 6.45) is 6.07. The molecule has 1 heterocycles. The van der Waals surface area contributed by atoms with Crippen molar-refractivity contribution in [1.29, 1.82) is 0 Å². The number of likely N-dealkylation sites (tertiary alicyclic amines) is 1. The highest BCUT2D eigenvalue weighted by atomic mass is 19.1. The van der Waals surface area contributed by atoms with Crippen molar-refractivity contribution in [2.45, 2.75) is 25.2 Å². The van der Waals surface area contributed by atoms with Crippen LogP contribution in [0.15, 0.2) is 48.5 Å². The molecule has 0 bridgehead atoms. The van der Waals surface area contributed by atoms with Crippen molar-refractivity contribution < 1.29 is 8.78 Å². The van der Waals surface area contributed by atoms with Gasteiger partial charge in [0.2, 0.25) is 0 Å². The van der Waals surface area contributed by atoms with Gasteiger partial charge in [-0.2, -0.15) is 0 Å². The van der Waals surface area contributed by atoms with E-state index >= 15 is 0 Å². The lowest BCUT2D eigenvalue weighted by molar-refractivity contribution is 0.306. The summed E-state index contributed by atoms with van der Waals surface area (Å²) in [7, 11) is 0. The van der Waals surface area contributed by atoms with Gasteiger partial charge in [0.25, 0.3) is 0 Å². The van der Waals surface area contributed by atoms with E-state index in [2.05, 4.69) is 11.3 Å². The van der Waals surface area contributed by atoms with Crippen LogP contribution in [0.25, 0.3) is 0 Å². The number of benzene rings is 2. The van der Waals surface area contributed by atoms with Crippen LogP contribution in [-0.4, -0.2) is 24.5 Å². The van der Waals surface area contributed by atoms with Crippen LogP contribution in [0.2, 0.25) is 0 Å². The predicted molar refractivity (Wildman–Crippen MR) is 96.2 cm³/mol. The quantitative estimate of drug-likeness (QED) is 0.738. The third-order valence-electron chi connectivity index (χ3n) is 5.85. The fraction of sp³-hybridized carbons (Fsp3) is 0.409. The lowest BCUT2D eigenvalue weighted by Crippen LogP contribution is -2.24. The molecule has 0 amide bonds. The van der Waals surface area contributed by atoms with Gasteiger partial charge in [-0.05, 0) is 79.5 Å². The molecule has 1 saturated carbocycles. The molecule has 0 spiro atoms. The van der Waals surface area contributed by atoms with Crippen molar-refractivity contribution in [3.05, 3.63) is 77.7 Å². The number of hydrogen-bond donors (Lipinski definition) is 0. The van der Waals surface area contributed by atoms with Crippen molar-refractivity contribution in [1.82, 2.24) is 4.90 Å². The molecule has 1 radical (unpaired) electrons. The third-order valence-corrected chi connectivity index (χ3v) is 5.85. The molecule has 2 aromatic carbocycles. The lowest BCUT2D eigenvalue weighted by atomic mass is 9.88. The maximum absolute atomic E-state index is 13.3. The summed E-state index contributed by atoms with van der Waals surface area (Å²) in [6.45, 7) is 3.39. The van der Waals surface area contributed by atoms with E-state index in [1.54, 1.807) is 0 Å². The third kappa shape index (κ3) is 3.77. The van der Waals surface area contributed by atoms with Crippen LogP contribution in [0.5, 0.6) is 0 Å². The van der Waals surface area contributed by atoms with Crippen molar-refractivity contribution in [3.8, 4) is 0 Å². The van der Waals surface area contributed by atoms with Gasteiger partial charge in [-0.1, -0.05) is 24.3 Å². The molecular weight excluding hydrogens is 316 g/mol.